The third-order valence-corrected chi connectivity index (χ3v) is 3.43. The second-order valence-electron chi connectivity index (χ2n) is 4.32. The molecule has 0 aromatic rings. The van der Waals surface area contributed by atoms with Crippen molar-refractivity contribution in [3.05, 3.63) is 0 Å². The fourth-order valence-corrected chi connectivity index (χ4v) is 2.60. The highest BCUT2D eigenvalue weighted by Gasteiger charge is 2.62. The van der Waals surface area contributed by atoms with Gasteiger partial charge < -0.3 is 25.0 Å². The number of amides is 1. The molecule has 0 spiro atoms. The first-order chi connectivity index (χ1) is 7.61. The Hall–Kier alpha value is -0.850. The number of carbonyl (C=O) groups is 1. The number of hydrogen-bond acceptors (Lipinski definition) is 5. The molecular weight excluding hydrogens is 214 g/mol. The van der Waals surface area contributed by atoms with Crippen LogP contribution in [0.3, 0.4) is 0 Å². The number of aliphatic hydroxyl groups excluding tert-OH is 3. The Kier molecular flexibility index (Phi) is 3.05. The molecule has 1 heterocycles. The van der Waals surface area contributed by atoms with Gasteiger partial charge in [-0.2, -0.15) is 0 Å². The van der Waals surface area contributed by atoms with Crippen LogP contribution in [0.5, 0.6) is 0 Å². The molecule has 2 fully saturated rings. The van der Waals surface area contributed by atoms with Crippen molar-refractivity contribution < 1.29 is 24.9 Å². The number of nitrogens with zero attached hydrogens (tertiary/aromatic N) is 1. The van der Waals surface area contributed by atoms with Crippen molar-refractivity contribution >= 4 is 6.09 Å². The van der Waals surface area contributed by atoms with Gasteiger partial charge in [-0.3, -0.25) is 0 Å². The number of likely N-dealkylation sites (tertiary alicyclic amines) is 1. The molecule has 6 heteroatoms. The van der Waals surface area contributed by atoms with Crippen LogP contribution in [0.1, 0.15) is 6.92 Å². The minimum atomic E-state index is -0.956. The van der Waals surface area contributed by atoms with Crippen LogP contribution < -0.4 is 0 Å². The maximum Gasteiger partial charge on any atom is 0.410 e. The topological polar surface area (TPSA) is 90.2 Å². The Balaban J connectivity index is 2.07. The summed E-state index contributed by atoms with van der Waals surface area (Å²) in [6.07, 6.45) is -2.30. The van der Waals surface area contributed by atoms with Crippen LogP contribution in [0.15, 0.2) is 0 Å². The summed E-state index contributed by atoms with van der Waals surface area (Å²) in [5, 5.41) is 28.4. The third-order valence-electron chi connectivity index (χ3n) is 3.43. The molecule has 92 valence electrons. The monoisotopic (exact) mass is 231 g/mol. The van der Waals surface area contributed by atoms with Gasteiger partial charge in [0.1, 0.15) is 0 Å². The van der Waals surface area contributed by atoms with Gasteiger partial charge in [0.2, 0.25) is 0 Å². The summed E-state index contributed by atoms with van der Waals surface area (Å²) in [5.41, 5.74) is 0. The van der Waals surface area contributed by atoms with Gasteiger partial charge in [0.15, 0.2) is 0 Å². The lowest BCUT2D eigenvalue weighted by Crippen LogP contribution is -2.50. The molecule has 16 heavy (non-hydrogen) atoms. The van der Waals surface area contributed by atoms with Gasteiger partial charge in [-0.25, -0.2) is 4.79 Å². The summed E-state index contributed by atoms with van der Waals surface area (Å²) in [5.74, 6) is -0.366. The standard InChI is InChI=1S/C10H17NO5/c1-2-16-10(15)11-3-6(13)9(14)7-5(4-12)8(7)11/h5-9,12-14H,2-4H2,1H3/t5-,6+,7-,8+,9+/m1/s1. The number of hydrogen-bond donors (Lipinski definition) is 3. The predicted octanol–water partition coefficient (Wildman–Crippen LogP) is -1.21. The molecule has 0 aromatic heterocycles. The first-order valence-electron chi connectivity index (χ1n) is 5.52. The number of fused-ring (bicyclic) bond motifs is 1. The number of piperidine rings is 1. The smallest absolute Gasteiger partial charge is 0.410 e. The second kappa shape index (κ2) is 4.20. The van der Waals surface area contributed by atoms with E-state index >= 15 is 0 Å². The number of aliphatic hydroxyl groups is 3. The first-order valence-corrected chi connectivity index (χ1v) is 5.52. The second-order valence-corrected chi connectivity index (χ2v) is 4.32. The summed E-state index contributed by atoms with van der Waals surface area (Å²) in [6.45, 7) is 1.96. The Morgan fingerprint density at radius 3 is 2.75 bits per heavy atom. The maximum atomic E-state index is 11.6. The lowest BCUT2D eigenvalue weighted by Gasteiger charge is -2.32. The van der Waals surface area contributed by atoms with Crippen LogP contribution in [-0.2, 0) is 4.74 Å². The molecule has 0 radical (unpaired) electrons. The Bertz CT molecular complexity index is 284. The highest BCUT2D eigenvalue weighted by Crippen LogP contribution is 2.49. The molecule has 2 aliphatic rings. The molecule has 0 aromatic carbocycles. The molecule has 1 amide bonds. The van der Waals surface area contributed by atoms with E-state index in [-0.39, 0.29) is 37.6 Å². The fraction of sp³-hybridized carbons (Fsp3) is 0.900. The van der Waals surface area contributed by atoms with E-state index in [1.807, 2.05) is 0 Å². The zero-order valence-electron chi connectivity index (χ0n) is 9.11. The van der Waals surface area contributed by atoms with Crippen molar-refractivity contribution in [3.8, 4) is 0 Å². The van der Waals surface area contributed by atoms with Gasteiger partial charge in [-0.1, -0.05) is 0 Å². The van der Waals surface area contributed by atoms with E-state index in [2.05, 4.69) is 0 Å². The van der Waals surface area contributed by atoms with E-state index in [1.165, 1.54) is 4.90 Å². The minimum Gasteiger partial charge on any atom is -0.450 e. The molecule has 0 unspecified atom stereocenters. The van der Waals surface area contributed by atoms with Crippen molar-refractivity contribution in [1.82, 2.24) is 4.90 Å². The molecule has 2 rings (SSSR count). The van der Waals surface area contributed by atoms with Crippen LogP contribution in [0, 0.1) is 11.8 Å². The van der Waals surface area contributed by atoms with Gasteiger partial charge in [-0.15, -0.1) is 0 Å². The Labute approximate surface area is 93.4 Å². The van der Waals surface area contributed by atoms with Gasteiger partial charge in [-0.05, 0) is 6.92 Å². The summed E-state index contributed by atoms with van der Waals surface area (Å²) in [4.78, 5) is 13.0. The minimum absolute atomic E-state index is 0.0671. The third kappa shape index (κ3) is 1.66. The number of carbonyl (C=O) groups excluding carboxylic acids is 1. The summed E-state index contributed by atoms with van der Waals surface area (Å²) in [6, 6.07) is -0.192. The van der Waals surface area contributed by atoms with Crippen LogP contribution in [0.2, 0.25) is 0 Å². The van der Waals surface area contributed by atoms with E-state index in [0.29, 0.717) is 0 Å². The predicted molar refractivity (Wildman–Crippen MR) is 53.6 cm³/mol. The molecule has 3 N–H and O–H groups in total. The van der Waals surface area contributed by atoms with Crippen molar-refractivity contribution in [2.45, 2.75) is 25.2 Å². The molecule has 6 nitrogen and oxygen atoms in total. The summed E-state index contributed by atoms with van der Waals surface area (Å²) in [7, 11) is 0. The molecule has 1 aliphatic carbocycles. The normalized spacial score (nSPS) is 41.5. The van der Waals surface area contributed by atoms with Crippen LogP contribution in [-0.4, -0.2) is 64.3 Å². The van der Waals surface area contributed by atoms with E-state index < -0.39 is 18.3 Å². The largest absolute Gasteiger partial charge is 0.450 e. The molecule has 1 saturated carbocycles. The van der Waals surface area contributed by atoms with Gasteiger partial charge in [0.25, 0.3) is 0 Å². The van der Waals surface area contributed by atoms with Gasteiger partial charge >= 0.3 is 6.09 Å². The average molecular weight is 231 g/mol. The lowest BCUT2D eigenvalue weighted by atomic mass is 10.0. The number of β-amino-alcohol motifs (C(OH)–C–C–N with tert-alkyl or cyclic N) is 1. The lowest BCUT2D eigenvalue weighted by molar-refractivity contribution is -0.0418. The van der Waals surface area contributed by atoms with Crippen molar-refractivity contribution in [3.63, 3.8) is 0 Å². The van der Waals surface area contributed by atoms with E-state index in [0.717, 1.165) is 0 Å². The Morgan fingerprint density at radius 2 is 2.19 bits per heavy atom. The van der Waals surface area contributed by atoms with E-state index in [9.17, 15) is 15.0 Å². The molecule has 5 atom stereocenters. The van der Waals surface area contributed by atoms with E-state index in [4.69, 9.17) is 9.84 Å². The quantitative estimate of drug-likeness (QED) is 0.554. The molecular formula is C10H17NO5. The van der Waals surface area contributed by atoms with Crippen molar-refractivity contribution in [2.75, 3.05) is 19.8 Å². The zero-order chi connectivity index (χ0) is 11.9. The van der Waals surface area contributed by atoms with Crippen LogP contribution in [0.4, 0.5) is 4.79 Å². The van der Waals surface area contributed by atoms with Crippen LogP contribution >= 0.6 is 0 Å². The van der Waals surface area contributed by atoms with Crippen molar-refractivity contribution in [2.24, 2.45) is 11.8 Å². The highest BCUT2D eigenvalue weighted by molar-refractivity contribution is 5.69. The first kappa shape index (κ1) is 11.6. The van der Waals surface area contributed by atoms with Crippen LogP contribution in [0.25, 0.3) is 0 Å². The number of ether oxygens (including phenoxy) is 1. The average Bonchev–Trinajstić information content (AvgIpc) is 2.98. The summed E-state index contributed by atoms with van der Waals surface area (Å²) >= 11 is 0. The van der Waals surface area contributed by atoms with E-state index in [1.54, 1.807) is 6.92 Å². The molecule has 1 aliphatic heterocycles. The SMILES string of the molecule is CCOC(=O)N1C[C@H](O)[C@H](O)[C@@H]2[C@@H](CO)[C@@H]21. The van der Waals surface area contributed by atoms with Crippen molar-refractivity contribution in [1.29, 1.82) is 0 Å². The zero-order valence-corrected chi connectivity index (χ0v) is 9.11. The maximum absolute atomic E-state index is 11.6. The fourth-order valence-electron chi connectivity index (χ4n) is 2.60. The van der Waals surface area contributed by atoms with Gasteiger partial charge in [0.05, 0.1) is 25.4 Å². The highest BCUT2D eigenvalue weighted by atomic mass is 16.6. The Morgan fingerprint density at radius 1 is 1.50 bits per heavy atom. The summed E-state index contributed by atoms with van der Waals surface area (Å²) < 4.78 is 4.87. The molecule has 0 bridgehead atoms. The van der Waals surface area contributed by atoms with Gasteiger partial charge in [0, 0.05) is 24.5 Å². The molecule has 1 saturated heterocycles. The number of rotatable bonds is 2.